The van der Waals surface area contributed by atoms with E-state index in [1.54, 1.807) is 0 Å². The first-order chi connectivity index (χ1) is 0. The van der Waals surface area contributed by atoms with Crippen molar-refractivity contribution in [1.82, 2.24) is 6.15 Å². The number of hydrogen-bond donors (Lipinski definition) is 1. The molecule has 14 heavy (non-hydrogen) atoms. The van der Waals surface area contributed by atoms with Crippen molar-refractivity contribution in [3.05, 3.63) is 0 Å². The Labute approximate surface area is 90.1 Å². The Bertz CT molecular complexity index is 10.3. The largest absolute Gasteiger partial charge is 3.00 e. The Morgan fingerprint density at radius 3 is 0.214 bits per heavy atom. The maximum Gasteiger partial charge on any atom is 3.00 e. The third-order valence-corrected chi connectivity index (χ3v) is 0. The van der Waals surface area contributed by atoms with Crippen LogP contribution in [0.5, 0.6) is 0 Å². The van der Waals surface area contributed by atoms with Crippen molar-refractivity contribution in [2.75, 3.05) is 0 Å². The van der Waals surface area contributed by atoms with Crippen molar-refractivity contribution >= 4 is 17.4 Å². The Morgan fingerprint density at radius 2 is 0.214 bits per heavy atom. The van der Waals surface area contributed by atoms with Crippen molar-refractivity contribution in [2.24, 2.45) is 0 Å². The van der Waals surface area contributed by atoms with Crippen LogP contribution in [-0.4, -0.2) is 83.1 Å². The van der Waals surface area contributed by atoms with Gasteiger partial charge in [0.1, 0.15) is 0 Å². The van der Waals surface area contributed by atoms with E-state index in [9.17, 15) is 0 Å². The molecule has 104 valence electrons. The second kappa shape index (κ2) is 12100000. The molecule has 27 N–H and O–H groups in total. The van der Waals surface area contributed by atoms with Crippen LogP contribution in [-0.2, 0) is 0 Å². The summed E-state index contributed by atoms with van der Waals surface area (Å²) in [4.78, 5) is 0. The smallest absolute Gasteiger partial charge is 0.412 e. The molecule has 0 spiro atoms. The molecule has 14 heteroatoms. The van der Waals surface area contributed by atoms with E-state index < -0.39 is 0 Å². The van der Waals surface area contributed by atoms with Crippen LogP contribution in [0.1, 0.15) is 0 Å². The predicted molar refractivity (Wildman–Crippen MR) is 54.1 cm³/mol. The van der Waals surface area contributed by atoms with Gasteiger partial charge >= 0.3 is 17.4 Å². The third-order valence-electron chi connectivity index (χ3n) is 0. The second-order valence-corrected chi connectivity index (χ2v) is 0. The van der Waals surface area contributed by atoms with E-state index >= 15 is 0 Å². The van der Waals surface area contributed by atoms with Gasteiger partial charge in [-0.3, -0.25) is 0 Å². The van der Waals surface area contributed by atoms with Gasteiger partial charge in [0.15, 0.2) is 0 Å². The standard InChI is InChI=1S/Al.H3N.12H2O/h;1H3;12*1H2/q+3;;;;;;;;;;;;;. The summed E-state index contributed by atoms with van der Waals surface area (Å²) < 4.78 is 0. The SMILES string of the molecule is N.O.O.O.O.O.O.O.O.O.O.O.O.[Al+3]. The molecule has 0 aromatic rings. The molecule has 0 heterocycles. The van der Waals surface area contributed by atoms with Gasteiger partial charge in [-0.05, 0) is 0 Å². The minimum atomic E-state index is 0. The molecule has 0 amide bonds. The monoisotopic (exact) mass is 260 g/mol. The molecule has 0 saturated heterocycles. The quantitative estimate of drug-likeness (QED) is 0.406. The van der Waals surface area contributed by atoms with Crippen LogP contribution in [0.2, 0.25) is 0 Å². The van der Waals surface area contributed by atoms with Crippen LogP contribution in [0.3, 0.4) is 0 Å². The molecule has 0 aliphatic carbocycles. The van der Waals surface area contributed by atoms with Crippen molar-refractivity contribution < 1.29 is 65.7 Å². The minimum Gasteiger partial charge on any atom is -0.412 e. The summed E-state index contributed by atoms with van der Waals surface area (Å²) in [6, 6.07) is 0. The van der Waals surface area contributed by atoms with E-state index in [-0.39, 0.29) is 89.2 Å². The molecular formula is H27AlNO12+3. The van der Waals surface area contributed by atoms with E-state index in [0.29, 0.717) is 0 Å². The van der Waals surface area contributed by atoms with Crippen molar-refractivity contribution in [3.8, 4) is 0 Å². The van der Waals surface area contributed by atoms with Crippen molar-refractivity contribution in [3.63, 3.8) is 0 Å². The normalized spacial score (nSPS) is 0. The van der Waals surface area contributed by atoms with Crippen LogP contribution in [0.4, 0.5) is 0 Å². The molecule has 0 aliphatic heterocycles. The molecule has 0 bridgehead atoms. The Hall–Kier alpha value is 0.0125. The first kappa shape index (κ1) is 15300000. The van der Waals surface area contributed by atoms with Crippen LogP contribution in [0.15, 0.2) is 0 Å². The average molecular weight is 260 g/mol. The van der Waals surface area contributed by atoms with Gasteiger partial charge in [-0.2, -0.15) is 0 Å². The van der Waals surface area contributed by atoms with Crippen LogP contribution >= 0.6 is 0 Å². The molecule has 0 fully saturated rings. The average Bonchev–Trinajstić information content (AvgIpc) is 0. The second-order valence-electron chi connectivity index (χ2n) is 0. The summed E-state index contributed by atoms with van der Waals surface area (Å²) >= 11 is 0. The summed E-state index contributed by atoms with van der Waals surface area (Å²) in [6.45, 7) is 0. The summed E-state index contributed by atoms with van der Waals surface area (Å²) in [7, 11) is 0. The molecule has 0 saturated carbocycles. The number of hydrogen-bond acceptors (Lipinski definition) is 1. The fraction of sp³-hybridized carbons (Fsp3) is 0. The van der Waals surface area contributed by atoms with Gasteiger partial charge in [0.05, 0.1) is 0 Å². The van der Waals surface area contributed by atoms with Gasteiger partial charge in [-0.15, -0.1) is 0 Å². The molecule has 0 rings (SSSR count). The Balaban J connectivity index is 0. The van der Waals surface area contributed by atoms with Gasteiger partial charge in [-0.1, -0.05) is 0 Å². The zero-order chi connectivity index (χ0) is 0. The van der Waals surface area contributed by atoms with Gasteiger partial charge < -0.3 is 71.9 Å². The first-order valence-corrected chi connectivity index (χ1v) is 0. The minimum absolute atomic E-state index is 0. The molecule has 0 aromatic heterocycles. The molecule has 0 unspecified atom stereocenters. The van der Waals surface area contributed by atoms with Gasteiger partial charge in [0.25, 0.3) is 0 Å². The van der Waals surface area contributed by atoms with E-state index in [1.807, 2.05) is 0 Å². The maximum atomic E-state index is 0. The van der Waals surface area contributed by atoms with Crippen LogP contribution < -0.4 is 6.15 Å². The molecule has 0 aliphatic rings. The van der Waals surface area contributed by atoms with E-state index in [1.165, 1.54) is 0 Å². The Kier molecular flexibility index (Phi) is 13200000000000. The Morgan fingerprint density at radius 1 is 0.214 bits per heavy atom. The van der Waals surface area contributed by atoms with Crippen molar-refractivity contribution in [2.45, 2.75) is 0 Å². The van der Waals surface area contributed by atoms with Gasteiger partial charge in [0, 0.05) is 0 Å². The molecule has 0 radical (unpaired) electrons. The van der Waals surface area contributed by atoms with E-state index in [2.05, 4.69) is 0 Å². The maximum absolute atomic E-state index is 0. The number of rotatable bonds is 0. The first-order valence-electron chi connectivity index (χ1n) is 0. The fourth-order valence-electron chi connectivity index (χ4n) is 0. The van der Waals surface area contributed by atoms with Gasteiger partial charge in [-0.25, -0.2) is 0 Å². The molecule has 13 nitrogen and oxygen atoms in total. The molecule has 0 atom stereocenters. The molecular weight excluding hydrogens is 233 g/mol. The van der Waals surface area contributed by atoms with E-state index in [4.69, 9.17) is 0 Å². The summed E-state index contributed by atoms with van der Waals surface area (Å²) in [5.41, 5.74) is 0. The van der Waals surface area contributed by atoms with Crippen molar-refractivity contribution in [1.29, 1.82) is 0 Å². The zero-order valence-electron chi connectivity index (χ0n) is 7.28. The van der Waals surface area contributed by atoms with Crippen LogP contribution in [0.25, 0.3) is 0 Å². The third kappa shape index (κ3) is 9370000. The zero-order valence-corrected chi connectivity index (χ0v) is 8.44. The van der Waals surface area contributed by atoms with Gasteiger partial charge in [0.2, 0.25) is 0 Å². The summed E-state index contributed by atoms with van der Waals surface area (Å²) in [6.07, 6.45) is 0. The van der Waals surface area contributed by atoms with Crippen LogP contribution in [0, 0.1) is 0 Å². The summed E-state index contributed by atoms with van der Waals surface area (Å²) in [5.74, 6) is 0. The predicted octanol–water partition coefficient (Wildman–Crippen LogP) is -10.1. The van der Waals surface area contributed by atoms with E-state index in [0.717, 1.165) is 0 Å². The molecule has 0 aromatic carbocycles. The topological polar surface area (TPSA) is 413 Å². The fourth-order valence-corrected chi connectivity index (χ4v) is 0. The summed E-state index contributed by atoms with van der Waals surface area (Å²) in [5, 5.41) is 0.